The number of carbonyl (C=O) groups is 1. The molecule has 1 amide bonds. The summed E-state index contributed by atoms with van der Waals surface area (Å²) in [5.41, 5.74) is 2.13. The monoisotopic (exact) mass is 239 g/mol. The first-order valence-electron chi connectivity index (χ1n) is 6.03. The van der Waals surface area contributed by atoms with Crippen LogP contribution in [0.3, 0.4) is 0 Å². The number of aromatic amines is 1. The summed E-state index contributed by atoms with van der Waals surface area (Å²) in [6.07, 6.45) is 1.97. The number of nitrogens with zero attached hydrogens (tertiary/aromatic N) is 2. The van der Waals surface area contributed by atoms with Gasteiger partial charge in [0.15, 0.2) is 0 Å². The van der Waals surface area contributed by atoms with Gasteiger partial charge in [0.05, 0.1) is 17.9 Å². The van der Waals surface area contributed by atoms with Crippen molar-refractivity contribution in [3.63, 3.8) is 0 Å². The van der Waals surface area contributed by atoms with E-state index in [0.717, 1.165) is 18.5 Å². The van der Waals surface area contributed by atoms with Gasteiger partial charge < -0.3 is 10.0 Å². The van der Waals surface area contributed by atoms with Crippen molar-refractivity contribution in [3.8, 4) is 0 Å². The van der Waals surface area contributed by atoms with Crippen LogP contribution in [-0.2, 0) is 0 Å². The molecule has 96 valence electrons. The lowest BCUT2D eigenvalue weighted by molar-refractivity contribution is 0.0718. The zero-order valence-corrected chi connectivity index (χ0v) is 10.8. The molecule has 5 heteroatoms. The molecule has 1 aromatic heterocycles. The van der Waals surface area contributed by atoms with Crippen LogP contribution in [0.1, 0.15) is 41.5 Å². The fourth-order valence-corrected chi connectivity index (χ4v) is 1.81. The Bertz CT molecular complexity index is 354. The first-order valence-corrected chi connectivity index (χ1v) is 6.03. The van der Waals surface area contributed by atoms with Gasteiger partial charge >= 0.3 is 0 Å². The van der Waals surface area contributed by atoms with Crippen molar-refractivity contribution in [1.82, 2.24) is 15.1 Å². The molecule has 1 aromatic rings. The standard InChI is InChI=1S/C12H21N3O2/c1-4-5-6-15(7-8-16)12(17)11-9(2)13-14-10(11)3/h16H,4-8H2,1-3H3,(H,13,14). The van der Waals surface area contributed by atoms with Crippen molar-refractivity contribution in [3.05, 3.63) is 17.0 Å². The van der Waals surface area contributed by atoms with Gasteiger partial charge in [0.1, 0.15) is 0 Å². The number of rotatable bonds is 6. The summed E-state index contributed by atoms with van der Waals surface area (Å²) in [4.78, 5) is 14.0. The molecule has 0 aliphatic rings. The maximum absolute atomic E-state index is 12.3. The fraction of sp³-hybridized carbons (Fsp3) is 0.667. The third-order valence-electron chi connectivity index (χ3n) is 2.78. The van der Waals surface area contributed by atoms with E-state index < -0.39 is 0 Å². The summed E-state index contributed by atoms with van der Waals surface area (Å²) in [6, 6.07) is 0. The van der Waals surface area contributed by atoms with Crippen LogP contribution >= 0.6 is 0 Å². The number of aliphatic hydroxyl groups is 1. The van der Waals surface area contributed by atoms with Gasteiger partial charge in [-0.1, -0.05) is 13.3 Å². The normalized spacial score (nSPS) is 10.6. The van der Waals surface area contributed by atoms with Crippen LogP contribution in [-0.4, -0.2) is 45.8 Å². The number of unbranched alkanes of at least 4 members (excludes halogenated alkanes) is 1. The predicted molar refractivity (Wildman–Crippen MR) is 66.0 cm³/mol. The Kier molecular flexibility index (Phi) is 5.15. The minimum Gasteiger partial charge on any atom is -0.395 e. The molecule has 17 heavy (non-hydrogen) atoms. The second-order valence-electron chi connectivity index (χ2n) is 4.18. The molecule has 1 rings (SSSR count). The van der Waals surface area contributed by atoms with Crippen LogP contribution in [0.25, 0.3) is 0 Å². The van der Waals surface area contributed by atoms with Gasteiger partial charge in [-0.3, -0.25) is 9.89 Å². The second kappa shape index (κ2) is 6.39. The van der Waals surface area contributed by atoms with Gasteiger partial charge in [0.2, 0.25) is 0 Å². The molecular formula is C12H21N3O2. The number of nitrogens with one attached hydrogen (secondary N) is 1. The van der Waals surface area contributed by atoms with E-state index in [1.54, 1.807) is 4.90 Å². The Balaban J connectivity index is 2.83. The van der Waals surface area contributed by atoms with Crippen molar-refractivity contribution in [2.45, 2.75) is 33.6 Å². The molecule has 0 fully saturated rings. The van der Waals surface area contributed by atoms with Gasteiger partial charge in [-0.25, -0.2) is 0 Å². The molecule has 0 bridgehead atoms. The smallest absolute Gasteiger partial charge is 0.257 e. The lowest BCUT2D eigenvalue weighted by atomic mass is 10.1. The van der Waals surface area contributed by atoms with E-state index in [4.69, 9.17) is 5.11 Å². The fourth-order valence-electron chi connectivity index (χ4n) is 1.81. The lowest BCUT2D eigenvalue weighted by Crippen LogP contribution is -2.35. The van der Waals surface area contributed by atoms with Crippen LogP contribution in [0.4, 0.5) is 0 Å². The SMILES string of the molecule is CCCCN(CCO)C(=O)c1c(C)n[nH]c1C. The number of hydrogen-bond donors (Lipinski definition) is 2. The number of amides is 1. The molecule has 0 aliphatic heterocycles. The topological polar surface area (TPSA) is 69.2 Å². The van der Waals surface area contributed by atoms with Crippen LogP contribution < -0.4 is 0 Å². The van der Waals surface area contributed by atoms with Crippen molar-refractivity contribution < 1.29 is 9.90 Å². The van der Waals surface area contributed by atoms with Gasteiger partial charge in [-0.15, -0.1) is 0 Å². The van der Waals surface area contributed by atoms with Gasteiger partial charge in [0.25, 0.3) is 5.91 Å². The third-order valence-corrected chi connectivity index (χ3v) is 2.78. The number of H-pyrrole nitrogens is 1. The molecule has 0 radical (unpaired) electrons. The summed E-state index contributed by atoms with van der Waals surface area (Å²) in [7, 11) is 0. The molecule has 0 atom stereocenters. The van der Waals surface area contributed by atoms with E-state index in [9.17, 15) is 4.79 Å². The van der Waals surface area contributed by atoms with Crippen molar-refractivity contribution in [2.24, 2.45) is 0 Å². The van der Waals surface area contributed by atoms with Crippen LogP contribution in [0.5, 0.6) is 0 Å². The Morgan fingerprint density at radius 2 is 2.12 bits per heavy atom. The first kappa shape index (κ1) is 13.7. The second-order valence-corrected chi connectivity index (χ2v) is 4.18. The zero-order valence-electron chi connectivity index (χ0n) is 10.8. The Morgan fingerprint density at radius 3 is 2.59 bits per heavy atom. The third kappa shape index (κ3) is 3.30. The largest absolute Gasteiger partial charge is 0.395 e. The molecule has 5 nitrogen and oxygen atoms in total. The van der Waals surface area contributed by atoms with E-state index in [2.05, 4.69) is 17.1 Å². The Labute approximate surface area is 102 Å². The van der Waals surface area contributed by atoms with E-state index in [0.29, 0.717) is 24.3 Å². The van der Waals surface area contributed by atoms with Crippen LogP contribution in [0.2, 0.25) is 0 Å². The van der Waals surface area contributed by atoms with E-state index >= 15 is 0 Å². The zero-order chi connectivity index (χ0) is 12.8. The minimum atomic E-state index is -0.0451. The van der Waals surface area contributed by atoms with Crippen molar-refractivity contribution in [1.29, 1.82) is 0 Å². The summed E-state index contributed by atoms with van der Waals surface area (Å²) in [5.74, 6) is -0.0451. The van der Waals surface area contributed by atoms with E-state index in [1.807, 2.05) is 13.8 Å². The molecule has 0 aromatic carbocycles. The minimum absolute atomic E-state index is 0.00853. The van der Waals surface area contributed by atoms with E-state index in [-0.39, 0.29) is 12.5 Å². The van der Waals surface area contributed by atoms with Crippen LogP contribution in [0, 0.1) is 13.8 Å². The number of aryl methyl sites for hydroxylation is 2. The predicted octanol–water partition coefficient (Wildman–Crippen LogP) is 1.26. The molecule has 0 saturated carbocycles. The maximum Gasteiger partial charge on any atom is 0.257 e. The molecule has 2 N–H and O–H groups in total. The van der Waals surface area contributed by atoms with Crippen molar-refractivity contribution >= 4 is 5.91 Å². The molecule has 0 aliphatic carbocycles. The highest BCUT2D eigenvalue weighted by atomic mass is 16.3. The summed E-state index contributed by atoms with van der Waals surface area (Å²) >= 11 is 0. The van der Waals surface area contributed by atoms with E-state index in [1.165, 1.54) is 0 Å². The molecular weight excluding hydrogens is 218 g/mol. The Morgan fingerprint density at radius 1 is 1.41 bits per heavy atom. The lowest BCUT2D eigenvalue weighted by Gasteiger charge is -2.21. The maximum atomic E-state index is 12.3. The van der Waals surface area contributed by atoms with Crippen molar-refractivity contribution in [2.75, 3.05) is 19.7 Å². The van der Waals surface area contributed by atoms with Gasteiger partial charge in [-0.2, -0.15) is 5.10 Å². The van der Waals surface area contributed by atoms with Crippen LogP contribution in [0.15, 0.2) is 0 Å². The molecule has 0 spiro atoms. The number of aromatic nitrogens is 2. The Hall–Kier alpha value is -1.36. The first-order chi connectivity index (χ1) is 8.11. The highest BCUT2D eigenvalue weighted by molar-refractivity contribution is 5.96. The van der Waals surface area contributed by atoms with Gasteiger partial charge in [-0.05, 0) is 20.3 Å². The number of carbonyl (C=O) groups excluding carboxylic acids is 1. The highest BCUT2D eigenvalue weighted by Gasteiger charge is 2.20. The summed E-state index contributed by atoms with van der Waals surface area (Å²) in [5, 5.41) is 15.8. The number of aliphatic hydroxyl groups excluding tert-OH is 1. The quantitative estimate of drug-likeness (QED) is 0.785. The average Bonchev–Trinajstić information content (AvgIpc) is 2.63. The molecule has 0 saturated heterocycles. The highest BCUT2D eigenvalue weighted by Crippen LogP contribution is 2.13. The number of hydrogen-bond acceptors (Lipinski definition) is 3. The average molecular weight is 239 g/mol. The summed E-state index contributed by atoms with van der Waals surface area (Å²) in [6.45, 7) is 6.78. The molecule has 0 unspecified atom stereocenters. The van der Waals surface area contributed by atoms with Gasteiger partial charge in [0, 0.05) is 18.8 Å². The summed E-state index contributed by atoms with van der Waals surface area (Å²) < 4.78 is 0. The molecule has 1 heterocycles.